The smallest absolute Gasteiger partial charge is 0.209 e. The molecule has 0 saturated carbocycles. The van der Waals surface area contributed by atoms with Crippen LogP contribution in [0, 0.1) is 3.95 Å². The molecule has 0 bridgehead atoms. The second kappa shape index (κ2) is 5.79. The minimum absolute atomic E-state index is 0.0727. The summed E-state index contributed by atoms with van der Waals surface area (Å²) in [5, 5.41) is 9.48. The van der Waals surface area contributed by atoms with Gasteiger partial charge in [0.15, 0.2) is 3.95 Å². The Hall–Kier alpha value is -1.66. The molecule has 0 aliphatic carbocycles. The maximum absolute atomic E-state index is 9.48. The van der Waals surface area contributed by atoms with E-state index >= 15 is 0 Å². The number of rotatable bonds is 4. The number of aromatic amines is 1. The van der Waals surface area contributed by atoms with Crippen LogP contribution in [-0.2, 0) is 6.54 Å². The first-order chi connectivity index (χ1) is 8.69. The van der Waals surface area contributed by atoms with Crippen molar-refractivity contribution in [1.29, 1.82) is 0 Å². The monoisotopic (exact) mass is 280 g/mol. The molecule has 1 aromatic carbocycles. The van der Waals surface area contributed by atoms with Gasteiger partial charge in [0.2, 0.25) is 5.88 Å². The van der Waals surface area contributed by atoms with Crippen LogP contribution in [0.3, 0.4) is 0 Å². The van der Waals surface area contributed by atoms with Gasteiger partial charge in [-0.2, -0.15) is 0 Å². The van der Waals surface area contributed by atoms with E-state index in [1.54, 1.807) is 13.3 Å². The van der Waals surface area contributed by atoms with Gasteiger partial charge >= 0.3 is 0 Å². The summed E-state index contributed by atoms with van der Waals surface area (Å²) >= 11 is 6.21. The number of ether oxygens (including phenoxy) is 1. The standard InChI is InChI=1S/C12H12N2O2S2/c1-16-9-4-2-8(3-5-9)6-13-7-10-11(15)14-12(17)18-10/h2-5,7,15H,6H2,1H3,(H,14,17). The number of methoxy groups -OCH3 is 1. The maximum atomic E-state index is 9.48. The van der Waals surface area contributed by atoms with Gasteiger partial charge in [-0.15, -0.1) is 0 Å². The number of nitrogens with one attached hydrogen (secondary N) is 1. The lowest BCUT2D eigenvalue weighted by Crippen LogP contribution is -1.85. The van der Waals surface area contributed by atoms with Crippen molar-refractivity contribution in [3.8, 4) is 11.6 Å². The summed E-state index contributed by atoms with van der Waals surface area (Å²) in [6.07, 6.45) is 1.62. The van der Waals surface area contributed by atoms with Crippen molar-refractivity contribution in [3.63, 3.8) is 0 Å². The third-order valence-corrected chi connectivity index (χ3v) is 3.46. The SMILES string of the molecule is COc1ccc(CN=Cc2sc(=S)[nH]c2O)cc1. The summed E-state index contributed by atoms with van der Waals surface area (Å²) in [5.41, 5.74) is 1.07. The van der Waals surface area contributed by atoms with Gasteiger partial charge in [0.25, 0.3) is 0 Å². The third kappa shape index (κ3) is 3.18. The molecule has 1 heterocycles. The van der Waals surface area contributed by atoms with Crippen molar-refractivity contribution in [2.24, 2.45) is 4.99 Å². The van der Waals surface area contributed by atoms with Crippen LogP contribution in [0.2, 0.25) is 0 Å². The first kappa shape index (κ1) is 12.8. The molecule has 1 aromatic heterocycles. The van der Waals surface area contributed by atoms with Gasteiger partial charge in [0, 0.05) is 6.21 Å². The van der Waals surface area contributed by atoms with E-state index in [0.29, 0.717) is 15.4 Å². The lowest BCUT2D eigenvalue weighted by molar-refractivity contribution is 0.414. The highest BCUT2D eigenvalue weighted by Gasteiger charge is 2.00. The molecule has 0 radical (unpaired) electrons. The fourth-order valence-corrected chi connectivity index (χ4v) is 2.37. The van der Waals surface area contributed by atoms with Gasteiger partial charge in [0.05, 0.1) is 13.7 Å². The topological polar surface area (TPSA) is 57.6 Å². The Labute approximate surface area is 114 Å². The Morgan fingerprint density at radius 2 is 2.17 bits per heavy atom. The maximum Gasteiger partial charge on any atom is 0.209 e. The van der Waals surface area contributed by atoms with Gasteiger partial charge in [-0.25, -0.2) is 0 Å². The summed E-state index contributed by atoms with van der Waals surface area (Å²) in [6, 6.07) is 7.69. The van der Waals surface area contributed by atoms with E-state index in [-0.39, 0.29) is 5.88 Å². The minimum Gasteiger partial charge on any atom is -0.497 e. The molecule has 0 aliphatic rings. The largest absolute Gasteiger partial charge is 0.497 e. The van der Waals surface area contributed by atoms with Gasteiger partial charge in [-0.05, 0) is 29.9 Å². The molecule has 4 nitrogen and oxygen atoms in total. The van der Waals surface area contributed by atoms with Crippen LogP contribution in [0.25, 0.3) is 0 Å². The number of benzene rings is 1. The normalized spacial score (nSPS) is 10.9. The molecule has 2 aromatic rings. The first-order valence-electron chi connectivity index (χ1n) is 5.24. The fourth-order valence-electron chi connectivity index (χ4n) is 1.38. The van der Waals surface area contributed by atoms with Crippen LogP contribution < -0.4 is 4.74 Å². The number of aromatic nitrogens is 1. The van der Waals surface area contributed by atoms with Gasteiger partial charge < -0.3 is 14.8 Å². The molecule has 0 saturated heterocycles. The summed E-state index contributed by atoms with van der Waals surface area (Å²) in [5.74, 6) is 0.896. The summed E-state index contributed by atoms with van der Waals surface area (Å²) in [4.78, 5) is 7.56. The van der Waals surface area contributed by atoms with E-state index < -0.39 is 0 Å². The predicted octanol–water partition coefficient (Wildman–Crippen LogP) is 3.14. The fraction of sp³-hybridized carbons (Fsp3) is 0.167. The van der Waals surface area contributed by atoms with Crippen molar-refractivity contribution in [2.45, 2.75) is 6.54 Å². The van der Waals surface area contributed by atoms with Crippen LogP contribution in [0.5, 0.6) is 11.6 Å². The van der Waals surface area contributed by atoms with Crippen molar-refractivity contribution in [2.75, 3.05) is 7.11 Å². The molecule has 0 atom stereocenters. The molecule has 2 rings (SSSR count). The van der Waals surface area contributed by atoms with Crippen molar-refractivity contribution in [3.05, 3.63) is 38.7 Å². The second-order valence-corrected chi connectivity index (χ2v) is 5.26. The summed E-state index contributed by atoms with van der Waals surface area (Å²) < 4.78 is 5.62. The highest BCUT2D eigenvalue weighted by molar-refractivity contribution is 7.73. The van der Waals surface area contributed by atoms with Crippen molar-refractivity contribution in [1.82, 2.24) is 4.98 Å². The van der Waals surface area contributed by atoms with Crippen LogP contribution in [0.15, 0.2) is 29.3 Å². The van der Waals surface area contributed by atoms with E-state index in [9.17, 15) is 5.11 Å². The van der Waals surface area contributed by atoms with Crippen LogP contribution >= 0.6 is 23.6 Å². The zero-order valence-corrected chi connectivity index (χ0v) is 11.3. The van der Waals surface area contributed by atoms with Crippen LogP contribution in [-0.4, -0.2) is 23.4 Å². The average molecular weight is 280 g/mol. The number of aromatic hydroxyl groups is 1. The highest BCUT2D eigenvalue weighted by Crippen LogP contribution is 2.19. The molecule has 0 spiro atoms. The molecular formula is C12H12N2O2S2. The van der Waals surface area contributed by atoms with Crippen LogP contribution in [0.1, 0.15) is 10.4 Å². The Morgan fingerprint density at radius 3 is 2.72 bits per heavy atom. The Morgan fingerprint density at radius 1 is 1.44 bits per heavy atom. The van der Waals surface area contributed by atoms with E-state index in [2.05, 4.69) is 9.98 Å². The third-order valence-electron chi connectivity index (χ3n) is 2.30. The molecule has 0 unspecified atom stereocenters. The number of nitrogens with zero attached hydrogens (tertiary/aromatic N) is 1. The lowest BCUT2D eigenvalue weighted by atomic mass is 10.2. The van der Waals surface area contributed by atoms with Gasteiger partial charge in [0.1, 0.15) is 10.6 Å². The van der Waals surface area contributed by atoms with E-state index in [4.69, 9.17) is 17.0 Å². The van der Waals surface area contributed by atoms with E-state index in [1.165, 1.54) is 11.3 Å². The number of hydrogen-bond acceptors (Lipinski definition) is 5. The summed E-state index contributed by atoms with van der Waals surface area (Å²) in [7, 11) is 1.63. The molecule has 2 N–H and O–H groups in total. The molecular weight excluding hydrogens is 268 g/mol. The minimum atomic E-state index is 0.0727. The Kier molecular flexibility index (Phi) is 4.11. The van der Waals surface area contributed by atoms with Crippen molar-refractivity contribution < 1.29 is 9.84 Å². The Bertz CT molecular complexity index is 599. The average Bonchev–Trinajstić information content (AvgIpc) is 2.69. The van der Waals surface area contributed by atoms with Crippen LogP contribution in [0.4, 0.5) is 0 Å². The number of hydrogen-bond donors (Lipinski definition) is 2. The summed E-state index contributed by atoms with van der Waals surface area (Å²) in [6.45, 7) is 0.550. The van der Waals surface area contributed by atoms with E-state index in [1.807, 2.05) is 24.3 Å². The molecule has 0 fully saturated rings. The highest BCUT2D eigenvalue weighted by atomic mass is 32.1. The number of H-pyrrole nitrogens is 1. The number of thiazole rings is 1. The zero-order chi connectivity index (χ0) is 13.0. The molecule has 94 valence electrons. The number of aliphatic imine (C=N–C) groups is 1. The van der Waals surface area contributed by atoms with Gasteiger partial charge in [-0.1, -0.05) is 23.5 Å². The second-order valence-electron chi connectivity index (χ2n) is 3.55. The molecule has 18 heavy (non-hydrogen) atoms. The predicted molar refractivity (Wildman–Crippen MR) is 75.5 cm³/mol. The lowest BCUT2D eigenvalue weighted by Gasteiger charge is -2.00. The first-order valence-corrected chi connectivity index (χ1v) is 6.46. The van der Waals surface area contributed by atoms with Crippen molar-refractivity contribution >= 4 is 29.8 Å². The molecule has 0 amide bonds. The Balaban J connectivity index is 2.02. The quantitative estimate of drug-likeness (QED) is 0.668. The zero-order valence-electron chi connectivity index (χ0n) is 9.71. The van der Waals surface area contributed by atoms with E-state index in [0.717, 1.165) is 11.3 Å². The van der Waals surface area contributed by atoms with Gasteiger partial charge in [-0.3, -0.25) is 4.99 Å². The molecule has 6 heteroatoms. The molecule has 0 aliphatic heterocycles.